The van der Waals surface area contributed by atoms with Crippen LogP contribution < -0.4 is 0 Å². The van der Waals surface area contributed by atoms with E-state index in [0.29, 0.717) is 6.42 Å². The number of rotatable bonds is 20. The lowest BCUT2D eigenvalue weighted by Crippen LogP contribution is -2.29. The van der Waals surface area contributed by atoms with Crippen molar-refractivity contribution < 1.29 is 54.9 Å². The van der Waals surface area contributed by atoms with Gasteiger partial charge in [0.2, 0.25) is 0 Å². The predicted octanol–water partition coefficient (Wildman–Crippen LogP) is 6.80. The molecule has 0 aliphatic heterocycles. The van der Waals surface area contributed by atoms with Gasteiger partial charge in [-0.25, -0.2) is 14.4 Å². The highest BCUT2D eigenvalue weighted by molar-refractivity contribution is 5.85. The van der Waals surface area contributed by atoms with Crippen molar-refractivity contribution in [3.8, 4) is 0 Å². The molecule has 0 amide bonds. The van der Waals surface area contributed by atoms with Crippen molar-refractivity contribution in [2.45, 2.75) is 112 Å². The second kappa shape index (κ2) is 37.6. The number of unbranched alkanes of at least 4 members (excludes halogenated alkanes) is 8. The molecule has 0 atom stereocenters. The van der Waals surface area contributed by atoms with E-state index < -0.39 is 29.3 Å². The van der Waals surface area contributed by atoms with Gasteiger partial charge in [-0.1, -0.05) is 90.0 Å². The van der Waals surface area contributed by atoms with E-state index in [2.05, 4.69) is 51.0 Å². The second-order valence-electron chi connectivity index (χ2n) is 10.9. The van der Waals surface area contributed by atoms with Gasteiger partial charge in [0.1, 0.15) is 0 Å². The number of aliphatic carboxylic acids is 4. The average molecular weight is 659 g/mol. The van der Waals surface area contributed by atoms with E-state index in [1.807, 2.05) is 0 Å². The van der Waals surface area contributed by atoms with Gasteiger partial charge in [0.25, 0.3) is 0 Å². The van der Waals surface area contributed by atoms with Crippen molar-refractivity contribution in [3.05, 3.63) is 60.8 Å². The number of allylic oxidation sites excluding steroid dienone is 4. The maximum absolute atomic E-state index is 10.3. The zero-order valence-electron chi connectivity index (χ0n) is 28.8. The quantitative estimate of drug-likeness (QED) is 0.0411. The summed E-state index contributed by atoms with van der Waals surface area (Å²) in [6.07, 6.45) is 22.3. The Morgan fingerprint density at radius 3 is 1.13 bits per heavy atom. The van der Waals surface area contributed by atoms with Gasteiger partial charge in [-0.05, 0) is 59.3 Å². The molecule has 0 saturated heterocycles. The van der Waals surface area contributed by atoms with E-state index in [0.717, 1.165) is 25.7 Å². The number of carboxylic acid groups (broad SMARTS) is 4. The van der Waals surface area contributed by atoms with Crippen molar-refractivity contribution in [1.82, 2.24) is 0 Å². The number of carbonyl (C=O) groups is 4. The smallest absolute Gasteiger partial charge is 0.330 e. The molecule has 0 fully saturated rings. The number of hydrogen-bond acceptors (Lipinski definition) is 7. The third-order valence-electron chi connectivity index (χ3n) is 5.58. The summed E-state index contributed by atoms with van der Waals surface area (Å²) in [7, 11) is 0. The van der Waals surface area contributed by atoms with Crippen molar-refractivity contribution in [2.24, 2.45) is 5.41 Å². The predicted molar refractivity (Wildman–Crippen MR) is 184 cm³/mol. The third-order valence-corrected chi connectivity index (χ3v) is 5.58. The molecule has 0 rings (SSSR count). The number of carboxylic acids is 4. The van der Waals surface area contributed by atoms with Crippen molar-refractivity contribution in [2.75, 3.05) is 19.8 Å². The normalized spacial score (nSPS) is 10.1. The highest BCUT2D eigenvalue weighted by Crippen LogP contribution is 2.11. The van der Waals surface area contributed by atoms with Gasteiger partial charge in [-0.2, -0.15) is 0 Å². The van der Waals surface area contributed by atoms with Crippen molar-refractivity contribution >= 4 is 23.9 Å². The number of aliphatic hydroxyl groups excluding tert-OH is 3. The van der Waals surface area contributed by atoms with Crippen LogP contribution in [-0.4, -0.2) is 79.4 Å². The van der Waals surface area contributed by atoms with Gasteiger partial charge in [-0.15, -0.1) is 0 Å². The third kappa shape index (κ3) is 53.1. The van der Waals surface area contributed by atoms with Crippen molar-refractivity contribution in [1.29, 1.82) is 0 Å². The summed E-state index contributed by atoms with van der Waals surface area (Å²) >= 11 is 0. The lowest BCUT2D eigenvalue weighted by Gasteiger charge is -2.20. The Bertz CT molecular complexity index is 797. The molecular formula is C35H62O11. The molecule has 0 spiro atoms. The van der Waals surface area contributed by atoms with E-state index >= 15 is 0 Å². The zero-order chi connectivity index (χ0) is 37.0. The lowest BCUT2D eigenvalue weighted by atomic mass is 9.95. The molecule has 11 nitrogen and oxygen atoms in total. The maximum atomic E-state index is 10.3. The first-order chi connectivity index (χ1) is 21.4. The van der Waals surface area contributed by atoms with Crippen LogP contribution in [0, 0.1) is 5.41 Å². The van der Waals surface area contributed by atoms with Gasteiger partial charge in [0.05, 0.1) is 19.8 Å². The summed E-state index contributed by atoms with van der Waals surface area (Å²) in [5.74, 6) is -3.48. The second-order valence-corrected chi connectivity index (χ2v) is 10.9. The topological polar surface area (TPSA) is 210 Å². The molecule has 0 saturated carbocycles. The van der Waals surface area contributed by atoms with E-state index in [9.17, 15) is 19.2 Å². The van der Waals surface area contributed by atoms with Crippen LogP contribution in [0.3, 0.4) is 0 Å². The Hall–Kier alpha value is -3.54. The van der Waals surface area contributed by atoms with Gasteiger partial charge >= 0.3 is 23.9 Å². The van der Waals surface area contributed by atoms with E-state index in [4.69, 9.17) is 35.7 Å². The largest absolute Gasteiger partial charge is 0.481 e. The Balaban J connectivity index is -0.000000176. The summed E-state index contributed by atoms with van der Waals surface area (Å²) in [6, 6.07) is 0. The standard InChI is InChI=1S/C18H32O2.C5H12O3.3C4H6O2/c1-2-3-4-5-6-7-8-9-10-11-12-13-14-15-16-17-18(19)20;1-5(2-6,3-7)4-8;3*1-3(2)4(5)6/h6-7,9-10H,2-5,8,11-17H2,1H3,(H,19,20);6-8H,2-4H2,1H3;3*1H2,2H3,(H,5,6)/b7-6-,10-9-;;;;. The summed E-state index contributed by atoms with van der Waals surface area (Å²) in [5, 5.41) is 57.6. The first kappa shape index (κ1) is 52.0. The summed E-state index contributed by atoms with van der Waals surface area (Å²) in [4.78, 5) is 39.1. The van der Waals surface area contributed by atoms with Crippen LogP contribution in [0.1, 0.15) is 112 Å². The van der Waals surface area contributed by atoms with Gasteiger partial charge in [0.15, 0.2) is 0 Å². The molecule has 0 aromatic rings. The van der Waals surface area contributed by atoms with Gasteiger partial charge in [0, 0.05) is 28.6 Å². The molecule has 0 bridgehead atoms. The molecule has 268 valence electrons. The summed E-state index contributed by atoms with van der Waals surface area (Å²) < 4.78 is 0. The molecule has 0 aromatic carbocycles. The Labute approximate surface area is 276 Å². The van der Waals surface area contributed by atoms with Crippen LogP contribution in [0.5, 0.6) is 0 Å². The minimum absolute atomic E-state index is 0.176. The van der Waals surface area contributed by atoms with Crippen LogP contribution in [0.2, 0.25) is 0 Å². The number of hydrogen-bond donors (Lipinski definition) is 7. The fourth-order valence-corrected chi connectivity index (χ4v) is 2.24. The molecule has 0 aliphatic carbocycles. The Morgan fingerprint density at radius 1 is 0.565 bits per heavy atom. The van der Waals surface area contributed by atoms with E-state index in [1.54, 1.807) is 6.92 Å². The highest BCUT2D eigenvalue weighted by atomic mass is 16.4. The van der Waals surface area contributed by atoms with E-state index in [-0.39, 0.29) is 36.5 Å². The van der Waals surface area contributed by atoms with Gasteiger partial charge in [-0.3, -0.25) is 4.79 Å². The maximum Gasteiger partial charge on any atom is 0.330 e. The molecular weight excluding hydrogens is 596 g/mol. The molecule has 0 aliphatic rings. The van der Waals surface area contributed by atoms with Crippen LogP contribution in [-0.2, 0) is 19.2 Å². The molecule has 7 N–H and O–H groups in total. The highest BCUT2D eigenvalue weighted by Gasteiger charge is 2.20. The van der Waals surface area contributed by atoms with Crippen LogP contribution in [0.25, 0.3) is 0 Å². The van der Waals surface area contributed by atoms with E-state index in [1.165, 1.54) is 65.7 Å². The van der Waals surface area contributed by atoms with Crippen LogP contribution in [0.15, 0.2) is 60.8 Å². The fraction of sp³-hybridized carbons (Fsp3) is 0.600. The summed E-state index contributed by atoms with van der Waals surface area (Å²) in [6.45, 7) is 17.1. The summed E-state index contributed by atoms with van der Waals surface area (Å²) in [5.41, 5.74) is -0.181. The molecule has 0 unspecified atom stereocenters. The molecule has 0 radical (unpaired) electrons. The SMILES string of the molecule is C=C(C)C(=O)O.C=C(C)C(=O)O.C=C(C)C(=O)O.CC(CO)(CO)CO.CCCCC/C=C\C/C=C\CCCCCCCC(=O)O. The fourth-order valence-electron chi connectivity index (χ4n) is 2.24. The Morgan fingerprint density at radius 2 is 0.870 bits per heavy atom. The molecule has 46 heavy (non-hydrogen) atoms. The van der Waals surface area contributed by atoms with Crippen molar-refractivity contribution in [3.63, 3.8) is 0 Å². The minimum atomic E-state index is -0.935. The Kier molecular flexibility index (Phi) is 42.6. The monoisotopic (exact) mass is 658 g/mol. The van der Waals surface area contributed by atoms with Crippen LogP contribution in [0.4, 0.5) is 0 Å². The first-order valence-corrected chi connectivity index (χ1v) is 15.4. The lowest BCUT2D eigenvalue weighted by molar-refractivity contribution is -0.137. The molecule has 0 heterocycles. The van der Waals surface area contributed by atoms with Crippen LogP contribution >= 0.6 is 0 Å². The minimum Gasteiger partial charge on any atom is -0.481 e. The molecule has 11 heteroatoms. The molecule has 0 aromatic heterocycles. The first-order valence-electron chi connectivity index (χ1n) is 15.4. The number of aliphatic hydroxyl groups is 3. The zero-order valence-corrected chi connectivity index (χ0v) is 28.8. The van der Waals surface area contributed by atoms with Gasteiger partial charge < -0.3 is 35.7 Å². The average Bonchev–Trinajstić information content (AvgIpc) is 2.99.